The van der Waals surface area contributed by atoms with Crippen molar-refractivity contribution >= 4 is 28.9 Å². The standard InChI is InChI=1S/C23H27N3O3/c1-29-21-8-4-3-7-20(21)26-16-17(15-22(26)27)23(28)24-18-9-11-19(12-10-18)25-13-5-2-6-14-25/h3-4,7-12,17H,2,5-6,13-16H2,1H3,(H,24,28). The average molecular weight is 393 g/mol. The molecule has 1 N–H and O–H groups in total. The average Bonchev–Trinajstić information content (AvgIpc) is 3.16. The Morgan fingerprint density at radius 3 is 2.48 bits per heavy atom. The SMILES string of the molecule is COc1ccccc1N1CC(C(=O)Nc2ccc(N3CCCCC3)cc2)CC1=O. The van der Waals surface area contributed by atoms with Gasteiger partial charge in [-0.25, -0.2) is 0 Å². The smallest absolute Gasteiger partial charge is 0.229 e. The molecule has 2 aromatic rings. The Kier molecular flexibility index (Phi) is 5.69. The van der Waals surface area contributed by atoms with Gasteiger partial charge >= 0.3 is 0 Å². The van der Waals surface area contributed by atoms with Crippen molar-refractivity contribution in [3.63, 3.8) is 0 Å². The first-order valence-electron chi connectivity index (χ1n) is 10.2. The molecule has 2 aliphatic heterocycles. The molecular formula is C23H27N3O3. The van der Waals surface area contributed by atoms with E-state index in [9.17, 15) is 9.59 Å². The number of amides is 2. The Morgan fingerprint density at radius 2 is 1.76 bits per heavy atom. The summed E-state index contributed by atoms with van der Waals surface area (Å²) in [6.45, 7) is 2.54. The minimum atomic E-state index is -0.380. The van der Waals surface area contributed by atoms with Crippen LogP contribution in [0.5, 0.6) is 5.75 Å². The summed E-state index contributed by atoms with van der Waals surface area (Å²) in [5, 5.41) is 2.97. The molecule has 2 heterocycles. The van der Waals surface area contributed by atoms with Crippen molar-refractivity contribution in [2.24, 2.45) is 5.92 Å². The molecule has 152 valence electrons. The van der Waals surface area contributed by atoms with Gasteiger partial charge in [-0.05, 0) is 55.7 Å². The van der Waals surface area contributed by atoms with Crippen molar-refractivity contribution in [3.8, 4) is 5.75 Å². The lowest BCUT2D eigenvalue weighted by molar-refractivity contribution is -0.122. The van der Waals surface area contributed by atoms with Crippen LogP contribution in [0.3, 0.4) is 0 Å². The summed E-state index contributed by atoms with van der Waals surface area (Å²) < 4.78 is 5.36. The van der Waals surface area contributed by atoms with Crippen molar-refractivity contribution < 1.29 is 14.3 Å². The van der Waals surface area contributed by atoms with Crippen molar-refractivity contribution in [2.45, 2.75) is 25.7 Å². The monoisotopic (exact) mass is 393 g/mol. The molecule has 4 rings (SSSR count). The van der Waals surface area contributed by atoms with Gasteiger partial charge in [0.25, 0.3) is 0 Å². The summed E-state index contributed by atoms with van der Waals surface area (Å²) in [4.78, 5) is 29.3. The van der Waals surface area contributed by atoms with Crippen molar-refractivity contribution in [1.82, 2.24) is 0 Å². The molecule has 2 aliphatic rings. The van der Waals surface area contributed by atoms with E-state index >= 15 is 0 Å². The predicted molar refractivity (Wildman–Crippen MR) is 115 cm³/mol. The third-order valence-electron chi connectivity index (χ3n) is 5.73. The first kappa shape index (κ1) is 19.3. The van der Waals surface area contributed by atoms with Crippen molar-refractivity contribution in [1.29, 1.82) is 0 Å². The number of piperidine rings is 1. The van der Waals surface area contributed by atoms with Gasteiger partial charge < -0.3 is 19.9 Å². The molecule has 29 heavy (non-hydrogen) atoms. The molecule has 1 unspecified atom stereocenters. The molecule has 0 radical (unpaired) electrons. The minimum Gasteiger partial charge on any atom is -0.495 e. The van der Waals surface area contributed by atoms with E-state index in [2.05, 4.69) is 22.3 Å². The molecule has 0 aromatic heterocycles. The summed E-state index contributed by atoms with van der Waals surface area (Å²) in [7, 11) is 1.58. The number of carbonyl (C=O) groups is 2. The second-order valence-corrected chi connectivity index (χ2v) is 7.66. The zero-order valence-corrected chi connectivity index (χ0v) is 16.8. The summed E-state index contributed by atoms with van der Waals surface area (Å²) in [6, 6.07) is 15.4. The van der Waals surface area contributed by atoms with Crippen LogP contribution in [0, 0.1) is 5.92 Å². The molecule has 0 bridgehead atoms. The lowest BCUT2D eigenvalue weighted by Crippen LogP contribution is -2.29. The van der Waals surface area contributed by atoms with Gasteiger partial charge in [-0.1, -0.05) is 12.1 Å². The Balaban J connectivity index is 1.39. The van der Waals surface area contributed by atoms with Crippen molar-refractivity contribution in [2.75, 3.05) is 41.9 Å². The maximum Gasteiger partial charge on any atom is 0.229 e. The summed E-state index contributed by atoms with van der Waals surface area (Å²) in [5.74, 6) is 0.0703. The van der Waals surface area contributed by atoms with E-state index in [0.717, 1.165) is 18.8 Å². The molecule has 0 saturated carbocycles. The van der Waals surface area contributed by atoms with Crippen LogP contribution in [0.2, 0.25) is 0 Å². The van der Waals surface area contributed by atoms with Gasteiger partial charge in [-0.2, -0.15) is 0 Å². The van der Waals surface area contributed by atoms with Crippen molar-refractivity contribution in [3.05, 3.63) is 48.5 Å². The molecule has 2 fully saturated rings. The summed E-state index contributed by atoms with van der Waals surface area (Å²) in [6.07, 6.45) is 3.97. The van der Waals surface area contributed by atoms with E-state index in [1.165, 1.54) is 24.9 Å². The topological polar surface area (TPSA) is 61.9 Å². The highest BCUT2D eigenvalue weighted by molar-refractivity contribution is 6.04. The van der Waals surface area contributed by atoms with Gasteiger partial charge in [-0.15, -0.1) is 0 Å². The lowest BCUT2D eigenvalue weighted by atomic mass is 10.1. The largest absolute Gasteiger partial charge is 0.495 e. The predicted octanol–water partition coefficient (Wildman–Crippen LogP) is 3.68. The fourth-order valence-electron chi connectivity index (χ4n) is 4.12. The first-order chi connectivity index (χ1) is 14.2. The van der Waals surface area contributed by atoms with Gasteiger partial charge in [0.1, 0.15) is 5.75 Å². The number of nitrogens with zero attached hydrogens (tertiary/aromatic N) is 2. The third-order valence-corrected chi connectivity index (χ3v) is 5.73. The molecule has 0 aliphatic carbocycles. The molecule has 0 spiro atoms. The fraction of sp³-hybridized carbons (Fsp3) is 0.391. The number of anilines is 3. The number of nitrogens with one attached hydrogen (secondary N) is 1. The fourth-order valence-corrected chi connectivity index (χ4v) is 4.12. The van der Waals surface area contributed by atoms with Gasteiger partial charge in [0, 0.05) is 37.4 Å². The van der Waals surface area contributed by atoms with Gasteiger partial charge in [0.2, 0.25) is 11.8 Å². The zero-order valence-electron chi connectivity index (χ0n) is 16.8. The Morgan fingerprint density at radius 1 is 1.03 bits per heavy atom. The zero-order chi connectivity index (χ0) is 20.2. The number of hydrogen-bond donors (Lipinski definition) is 1. The number of carbonyl (C=O) groups excluding carboxylic acids is 2. The van der Waals surface area contributed by atoms with E-state index in [-0.39, 0.29) is 24.2 Å². The van der Waals surface area contributed by atoms with Gasteiger partial charge in [0.15, 0.2) is 0 Å². The number of rotatable bonds is 5. The quantitative estimate of drug-likeness (QED) is 0.842. The normalized spacial score (nSPS) is 19.3. The molecule has 6 heteroatoms. The van der Waals surface area contributed by atoms with Crippen LogP contribution < -0.4 is 19.9 Å². The lowest BCUT2D eigenvalue weighted by Gasteiger charge is -2.28. The van der Waals surface area contributed by atoms with E-state index in [1.807, 2.05) is 36.4 Å². The van der Waals surface area contributed by atoms with Crippen LogP contribution in [0.1, 0.15) is 25.7 Å². The Hall–Kier alpha value is -3.02. The number of hydrogen-bond acceptors (Lipinski definition) is 4. The maximum atomic E-state index is 12.7. The van der Waals surface area contributed by atoms with E-state index in [0.29, 0.717) is 18.0 Å². The Bertz CT molecular complexity index is 875. The number of para-hydroxylation sites is 2. The number of benzene rings is 2. The summed E-state index contributed by atoms with van der Waals surface area (Å²) >= 11 is 0. The molecule has 2 aromatic carbocycles. The van der Waals surface area contributed by atoms with Crippen LogP contribution in [-0.4, -0.2) is 38.6 Å². The second-order valence-electron chi connectivity index (χ2n) is 7.66. The number of ether oxygens (including phenoxy) is 1. The minimum absolute atomic E-state index is 0.0601. The van der Waals surface area contributed by atoms with E-state index in [1.54, 1.807) is 12.0 Å². The van der Waals surface area contributed by atoms with E-state index in [4.69, 9.17) is 4.74 Å². The third kappa shape index (κ3) is 4.21. The summed E-state index contributed by atoms with van der Waals surface area (Å²) in [5.41, 5.74) is 2.67. The highest BCUT2D eigenvalue weighted by atomic mass is 16.5. The van der Waals surface area contributed by atoms with Crippen LogP contribution in [-0.2, 0) is 9.59 Å². The van der Waals surface area contributed by atoms with Crippen LogP contribution >= 0.6 is 0 Å². The molecular weight excluding hydrogens is 366 g/mol. The van der Waals surface area contributed by atoms with E-state index < -0.39 is 0 Å². The van der Waals surface area contributed by atoms with Crippen LogP contribution in [0.15, 0.2) is 48.5 Å². The highest BCUT2D eigenvalue weighted by Gasteiger charge is 2.36. The Labute approximate surface area is 171 Å². The maximum absolute atomic E-state index is 12.7. The molecule has 2 saturated heterocycles. The second kappa shape index (κ2) is 8.55. The molecule has 2 amide bonds. The van der Waals surface area contributed by atoms with Gasteiger partial charge in [-0.3, -0.25) is 9.59 Å². The number of methoxy groups -OCH3 is 1. The van der Waals surface area contributed by atoms with Gasteiger partial charge in [0.05, 0.1) is 18.7 Å². The molecule has 6 nitrogen and oxygen atoms in total. The highest BCUT2D eigenvalue weighted by Crippen LogP contribution is 2.33. The van der Waals surface area contributed by atoms with Crippen LogP contribution in [0.4, 0.5) is 17.1 Å². The first-order valence-corrected chi connectivity index (χ1v) is 10.2. The molecule has 1 atom stereocenters. The van der Waals surface area contributed by atoms with Crippen LogP contribution in [0.25, 0.3) is 0 Å².